The van der Waals surface area contributed by atoms with Gasteiger partial charge in [0.25, 0.3) is 0 Å². The summed E-state index contributed by atoms with van der Waals surface area (Å²) in [4.78, 5) is 2.72. The van der Waals surface area contributed by atoms with Gasteiger partial charge in [0.2, 0.25) is 0 Å². The van der Waals surface area contributed by atoms with Crippen LogP contribution in [0.2, 0.25) is 0 Å². The van der Waals surface area contributed by atoms with Crippen molar-refractivity contribution in [2.75, 3.05) is 13.2 Å². The van der Waals surface area contributed by atoms with Gasteiger partial charge in [0, 0.05) is 22.2 Å². The number of rotatable bonds is 6. The van der Waals surface area contributed by atoms with E-state index in [9.17, 15) is 0 Å². The highest BCUT2D eigenvalue weighted by molar-refractivity contribution is 7.15. The van der Waals surface area contributed by atoms with Crippen molar-refractivity contribution in [3.05, 3.63) is 77.2 Å². The molecule has 0 aliphatic carbocycles. The number of hydrogen-bond acceptors (Lipinski definition) is 3. The summed E-state index contributed by atoms with van der Waals surface area (Å²) in [5.41, 5.74) is 2.62. The minimum absolute atomic E-state index is 0.516. The molecule has 0 spiro atoms. The van der Waals surface area contributed by atoms with Crippen LogP contribution in [0.4, 0.5) is 0 Å². The first-order chi connectivity index (χ1) is 12.4. The van der Waals surface area contributed by atoms with Crippen LogP contribution in [0.1, 0.15) is 23.3 Å². The van der Waals surface area contributed by atoms with Gasteiger partial charge in [-0.3, -0.25) is 0 Å². The first-order valence-electron chi connectivity index (χ1n) is 8.96. The fourth-order valence-corrected chi connectivity index (χ4v) is 4.28. The maximum absolute atomic E-state index is 5.90. The van der Waals surface area contributed by atoms with Crippen molar-refractivity contribution >= 4 is 11.3 Å². The van der Waals surface area contributed by atoms with E-state index in [-0.39, 0.29) is 0 Å². The van der Waals surface area contributed by atoms with Gasteiger partial charge in [0.05, 0.1) is 0 Å². The number of hydrogen-bond donors (Lipinski definition) is 1. The van der Waals surface area contributed by atoms with Crippen molar-refractivity contribution in [3.63, 3.8) is 0 Å². The van der Waals surface area contributed by atoms with Crippen molar-refractivity contribution in [2.45, 2.75) is 25.3 Å². The molecule has 1 N–H and O–H groups in total. The molecule has 0 amide bonds. The smallest absolute Gasteiger partial charge is 0.119 e. The molecule has 0 unspecified atom stereocenters. The largest absolute Gasteiger partial charge is 0.492 e. The molecule has 1 aliphatic rings. The second-order valence-corrected chi connectivity index (χ2v) is 7.73. The molecule has 1 fully saturated rings. The summed E-state index contributed by atoms with van der Waals surface area (Å²) in [5.74, 6) is 0.966. The fourth-order valence-electron chi connectivity index (χ4n) is 3.23. The molecular formula is C22H23NOS. The molecule has 1 saturated heterocycles. The Morgan fingerprint density at radius 1 is 0.960 bits per heavy atom. The molecule has 1 aromatic heterocycles. The van der Waals surface area contributed by atoms with Gasteiger partial charge in [-0.15, -0.1) is 11.3 Å². The topological polar surface area (TPSA) is 21.3 Å². The number of thiophene rings is 1. The summed E-state index contributed by atoms with van der Waals surface area (Å²) in [6.07, 6.45) is 3.46. The van der Waals surface area contributed by atoms with Gasteiger partial charge in [-0.2, -0.15) is 0 Å². The summed E-state index contributed by atoms with van der Waals surface area (Å²) < 4.78 is 5.90. The second kappa shape index (κ2) is 7.85. The third-order valence-corrected chi connectivity index (χ3v) is 5.77. The monoisotopic (exact) mass is 349 g/mol. The van der Waals surface area contributed by atoms with Gasteiger partial charge in [-0.25, -0.2) is 0 Å². The van der Waals surface area contributed by atoms with Crippen LogP contribution in [0.25, 0.3) is 10.4 Å². The van der Waals surface area contributed by atoms with E-state index in [4.69, 9.17) is 4.74 Å². The Morgan fingerprint density at radius 2 is 1.80 bits per heavy atom. The van der Waals surface area contributed by atoms with Crippen LogP contribution in [-0.4, -0.2) is 19.2 Å². The first-order valence-corrected chi connectivity index (χ1v) is 9.78. The van der Waals surface area contributed by atoms with Crippen molar-refractivity contribution < 1.29 is 4.74 Å². The standard InChI is InChI=1S/C22H23NOS/c1-2-5-18(6-3-1)22-13-12-21(25-22)15-17-8-10-20(11-9-17)24-16-19-7-4-14-23-19/h1-3,5-6,8-13,19,23H,4,7,14-16H2/t19-/m0/s1. The lowest BCUT2D eigenvalue weighted by atomic mass is 10.1. The van der Waals surface area contributed by atoms with Gasteiger partial charge >= 0.3 is 0 Å². The SMILES string of the molecule is c1ccc(-c2ccc(Cc3ccc(OC[C@@H]4CCCN4)cc3)s2)cc1. The average molecular weight is 349 g/mol. The Bertz CT molecular complexity index is 788. The molecular weight excluding hydrogens is 326 g/mol. The Morgan fingerprint density at radius 3 is 2.56 bits per heavy atom. The van der Waals surface area contributed by atoms with E-state index in [0.29, 0.717) is 6.04 Å². The highest BCUT2D eigenvalue weighted by Gasteiger charge is 2.14. The summed E-state index contributed by atoms with van der Waals surface area (Å²) in [6, 6.07) is 24.1. The van der Waals surface area contributed by atoms with Gasteiger partial charge in [0.1, 0.15) is 12.4 Å². The number of nitrogens with one attached hydrogen (secondary N) is 1. The molecule has 3 heteroatoms. The molecule has 1 aliphatic heterocycles. The average Bonchev–Trinajstić information content (AvgIpc) is 3.34. The minimum Gasteiger partial charge on any atom is -0.492 e. The lowest BCUT2D eigenvalue weighted by Gasteiger charge is -2.12. The highest BCUT2D eigenvalue weighted by atomic mass is 32.1. The predicted octanol–water partition coefficient (Wildman–Crippen LogP) is 5.14. The van der Waals surface area contributed by atoms with Crippen LogP contribution in [0.3, 0.4) is 0 Å². The van der Waals surface area contributed by atoms with Crippen LogP contribution < -0.4 is 10.1 Å². The maximum Gasteiger partial charge on any atom is 0.119 e. The molecule has 4 rings (SSSR count). The third-order valence-electron chi connectivity index (χ3n) is 4.64. The maximum atomic E-state index is 5.90. The molecule has 2 heterocycles. The van der Waals surface area contributed by atoms with E-state index < -0.39 is 0 Å². The molecule has 0 bridgehead atoms. The lowest BCUT2D eigenvalue weighted by Crippen LogP contribution is -2.28. The summed E-state index contributed by atoms with van der Waals surface area (Å²) in [5, 5.41) is 3.46. The Hall–Kier alpha value is -2.10. The number of ether oxygens (including phenoxy) is 1. The van der Waals surface area contributed by atoms with E-state index in [1.807, 2.05) is 11.3 Å². The van der Waals surface area contributed by atoms with Gasteiger partial charge in [-0.1, -0.05) is 42.5 Å². The molecule has 0 saturated carbocycles. The molecule has 128 valence electrons. The van der Waals surface area contributed by atoms with Crippen LogP contribution in [0.15, 0.2) is 66.7 Å². The zero-order valence-corrected chi connectivity index (χ0v) is 15.1. The molecule has 1 atom stereocenters. The fraction of sp³-hybridized carbons (Fsp3) is 0.273. The molecule has 2 nitrogen and oxygen atoms in total. The molecule has 0 radical (unpaired) electrons. The van der Waals surface area contributed by atoms with Crippen molar-refractivity contribution in [3.8, 4) is 16.2 Å². The van der Waals surface area contributed by atoms with E-state index >= 15 is 0 Å². The van der Waals surface area contributed by atoms with E-state index in [2.05, 4.69) is 72.0 Å². The van der Waals surface area contributed by atoms with Crippen LogP contribution in [-0.2, 0) is 6.42 Å². The Kier molecular flexibility index (Phi) is 5.14. The first kappa shape index (κ1) is 16.4. The highest BCUT2D eigenvalue weighted by Crippen LogP contribution is 2.29. The second-order valence-electron chi connectivity index (χ2n) is 6.56. The lowest BCUT2D eigenvalue weighted by molar-refractivity contribution is 0.277. The van der Waals surface area contributed by atoms with Crippen molar-refractivity contribution in [2.24, 2.45) is 0 Å². The summed E-state index contributed by atoms with van der Waals surface area (Å²) in [7, 11) is 0. The van der Waals surface area contributed by atoms with Crippen molar-refractivity contribution in [1.29, 1.82) is 0 Å². The zero-order chi connectivity index (χ0) is 16.9. The Balaban J connectivity index is 1.35. The van der Waals surface area contributed by atoms with Gasteiger partial charge in [0.15, 0.2) is 0 Å². The van der Waals surface area contributed by atoms with Crippen LogP contribution >= 0.6 is 11.3 Å². The molecule has 2 aromatic carbocycles. The minimum atomic E-state index is 0.516. The predicted molar refractivity (Wildman–Crippen MR) is 106 cm³/mol. The van der Waals surface area contributed by atoms with Crippen molar-refractivity contribution in [1.82, 2.24) is 5.32 Å². The quantitative estimate of drug-likeness (QED) is 0.665. The van der Waals surface area contributed by atoms with Crippen LogP contribution in [0.5, 0.6) is 5.75 Å². The van der Waals surface area contributed by atoms with E-state index in [0.717, 1.165) is 25.3 Å². The zero-order valence-electron chi connectivity index (χ0n) is 14.3. The Labute approximate surface area is 153 Å². The number of benzene rings is 2. The van der Waals surface area contributed by atoms with Gasteiger partial charge in [-0.05, 0) is 54.8 Å². The summed E-state index contributed by atoms with van der Waals surface area (Å²) in [6.45, 7) is 1.89. The van der Waals surface area contributed by atoms with E-state index in [1.165, 1.54) is 33.7 Å². The molecule has 3 aromatic rings. The molecule has 25 heavy (non-hydrogen) atoms. The van der Waals surface area contributed by atoms with E-state index in [1.54, 1.807) is 0 Å². The normalized spacial score (nSPS) is 16.9. The third kappa shape index (κ3) is 4.30. The van der Waals surface area contributed by atoms with Crippen LogP contribution in [0, 0.1) is 0 Å². The van der Waals surface area contributed by atoms with Gasteiger partial charge < -0.3 is 10.1 Å². The summed E-state index contributed by atoms with van der Waals surface area (Å²) >= 11 is 1.87.